The second-order valence-electron chi connectivity index (χ2n) is 27.6. The molecule has 2 bridgehead atoms. The molecule has 6 heterocycles. The third-order valence-corrected chi connectivity index (χ3v) is 19.7. The van der Waals surface area contributed by atoms with Gasteiger partial charge in [-0.3, -0.25) is 58.1 Å². The Kier molecular flexibility index (Phi) is 26.5. The first-order valence-electron chi connectivity index (χ1n) is 35.3. The maximum absolute atomic E-state index is 16.2. The summed E-state index contributed by atoms with van der Waals surface area (Å²) in [6.07, 6.45) is 4.30. The Morgan fingerprint density at radius 2 is 1.33 bits per heavy atom. The predicted octanol–water partition coefficient (Wildman–Crippen LogP) is 2.72. The van der Waals surface area contributed by atoms with E-state index in [0.717, 1.165) is 10.5 Å². The van der Waals surface area contributed by atoms with Crippen molar-refractivity contribution in [3.63, 3.8) is 0 Å². The van der Waals surface area contributed by atoms with Crippen LogP contribution in [0.2, 0.25) is 0 Å². The number of nitrogens with one attached hydrogen (secondary N) is 10. The molecule has 10 amide bonds. The van der Waals surface area contributed by atoms with Crippen molar-refractivity contribution >= 4 is 87.2 Å². The third-order valence-electron chi connectivity index (χ3n) is 19.7. The molecule has 0 spiro atoms. The number of nitrogens with zero attached hydrogens (tertiary/aromatic N) is 2. The standard InChI is InChI=1S/C75H93F3N14O13/c1-42-66(97)84-60(33-48-38-81-56-25-21-50(76)35-54(48)56)68(99)85-62(34-49-39-82-57-26-22-51(77)36-55(49)57)71(102)91-40-52(78)37-63(91)69(100)88-64(43(2)94)70(101)86-61(32-47-19-23-53(105-5)24-20-47)72(103)92-30-12-27-74(92,4)73(104)87-59(65(80)96)31-46-17-15-45(16-18-46)13-8-6-7-10-28-75(41-93,89-44(3)95)90-58(67(98)83-42)14-9-11-29-79/h6,8,15-26,35-36,38-39,41-43,52,58-64,81-82,90,94H,7,9-14,27-34,37,40,79H2,1-5H3,(H2,80,96)(H,83,98)(H,84,97)(H,85,99)(H,86,101)(H,87,104)(H,88,100)(H,89,95)/b8-6-/t42-,43+,52-,58?,59+,60+,61+,62+,63-,64-,74-,75-/m0/s1. The van der Waals surface area contributed by atoms with Crippen molar-refractivity contribution in [3.05, 3.63) is 149 Å². The normalized spacial score (nSPS) is 26.2. The van der Waals surface area contributed by atoms with Crippen LogP contribution in [0.5, 0.6) is 5.75 Å². The van der Waals surface area contributed by atoms with Gasteiger partial charge in [-0.25, -0.2) is 13.2 Å². The summed E-state index contributed by atoms with van der Waals surface area (Å²) < 4.78 is 51.6. The number of fused-ring (bicyclic) bond motifs is 30. The number of methoxy groups -OCH3 is 1. The first kappa shape index (κ1) is 78.7. The molecule has 2 saturated heterocycles. The number of carbonyl (C=O) groups is 11. The summed E-state index contributed by atoms with van der Waals surface area (Å²) in [5, 5.41) is 33.7. The van der Waals surface area contributed by atoms with Crippen molar-refractivity contribution in [2.75, 3.05) is 26.7 Å². The number of aliphatic hydroxyl groups excluding tert-OH is 1. The SMILES string of the molecule is COc1ccc(C[C@H]2NC(=O)[C@H]([C@@H](C)O)NC(=O)[C@@H]3C[C@H](F)CN3C(=O)[C@@H](Cc3c[nH]c4ccc(F)cc34)NC(=O)[C@@H](Cc3c[nH]c4ccc(F)cc34)NC(=O)[C@H](C)NC(=O)C(CCCCN)N[C@@](C=O)(NC(C)=O)CCC/C=C\Cc3ccc(cc3)C[C@H](C(N)=O)NC(=O)[C@]3(C)CCCN3C2=O)cc1. The number of aldehydes is 1. The van der Waals surface area contributed by atoms with Crippen LogP contribution >= 0.6 is 0 Å². The first-order chi connectivity index (χ1) is 50.1. The Bertz CT molecular complexity index is 4190. The van der Waals surface area contributed by atoms with Gasteiger partial charge in [0.2, 0.25) is 59.1 Å². The minimum Gasteiger partial charge on any atom is -0.497 e. The molecular formula is C75H93F3N14O13. The van der Waals surface area contributed by atoms with E-state index in [0.29, 0.717) is 83.7 Å². The fourth-order valence-corrected chi connectivity index (χ4v) is 13.9. The van der Waals surface area contributed by atoms with Gasteiger partial charge in [0, 0.05) is 79.8 Å². The largest absolute Gasteiger partial charge is 0.497 e. The Morgan fingerprint density at radius 1 is 0.724 bits per heavy atom. The molecule has 27 nitrogen and oxygen atoms in total. The van der Waals surface area contributed by atoms with Crippen LogP contribution < -0.4 is 58.7 Å². The maximum Gasteiger partial charge on any atom is 0.246 e. The number of alkyl halides is 1. The molecule has 6 aromatic rings. The van der Waals surface area contributed by atoms with Gasteiger partial charge in [0.25, 0.3) is 0 Å². The topological polar surface area (TPSA) is 404 Å². The molecule has 4 aromatic carbocycles. The zero-order chi connectivity index (χ0) is 75.9. The van der Waals surface area contributed by atoms with Gasteiger partial charge >= 0.3 is 0 Å². The summed E-state index contributed by atoms with van der Waals surface area (Å²) in [6, 6.07) is 8.85. The molecule has 2 aromatic heterocycles. The Morgan fingerprint density at radius 3 is 1.94 bits per heavy atom. The van der Waals surface area contributed by atoms with E-state index in [1.54, 1.807) is 36.4 Å². The quantitative estimate of drug-likeness (QED) is 0.0304. The number of carbonyl (C=O) groups excluding carboxylic acids is 11. The number of unbranched alkanes of at least 4 members (excludes halogenated alkanes) is 1. The summed E-state index contributed by atoms with van der Waals surface area (Å²) in [5.74, 6) is -9.88. The smallest absolute Gasteiger partial charge is 0.246 e. The molecule has 4 aliphatic rings. The minimum absolute atomic E-state index is 0.00114. The number of aromatic nitrogens is 2. The lowest BCUT2D eigenvalue weighted by atomic mass is 9.94. The molecular weight excluding hydrogens is 1360 g/mol. The highest BCUT2D eigenvalue weighted by Crippen LogP contribution is 2.32. The van der Waals surface area contributed by atoms with E-state index in [2.05, 4.69) is 52.5 Å². The van der Waals surface area contributed by atoms with E-state index < -0.39 is 168 Å². The van der Waals surface area contributed by atoms with E-state index in [4.69, 9.17) is 16.2 Å². The summed E-state index contributed by atoms with van der Waals surface area (Å²) in [5.41, 5.74) is 11.8. The van der Waals surface area contributed by atoms with Gasteiger partial charge in [0.05, 0.1) is 25.8 Å². The van der Waals surface area contributed by atoms with Gasteiger partial charge in [0.15, 0.2) is 6.29 Å². The Balaban J connectivity index is 1.08. The second kappa shape index (κ2) is 35.3. The third kappa shape index (κ3) is 19.9. The number of amides is 10. The number of hydrogen-bond acceptors (Lipinski definition) is 15. The molecule has 4 aliphatic heterocycles. The van der Waals surface area contributed by atoms with Crippen molar-refractivity contribution < 1.29 is 75.8 Å². The molecule has 0 saturated carbocycles. The van der Waals surface area contributed by atoms with Gasteiger partial charge in [-0.2, -0.15) is 0 Å². The fraction of sp³-hybridized carbons (Fsp3) is 0.453. The molecule has 105 heavy (non-hydrogen) atoms. The van der Waals surface area contributed by atoms with Crippen molar-refractivity contribution in [2.45, 2.75) is 189 Å². The number of nitrogens with two attached hydrogens (primary N) is 2. The summed E-state index contributed by atoms with van der Waals surface area (Å²) >= 11 is 0. The van der Waals surface area contributed by atoms with Crippen LogP contribution in [0.1, 0.15) is 113 Å². The number of primary amides is 1. The van der Waals surface area contributed by atoms with Gasteiger partial charge in [-0.1, -0.05) is 55.0 Å². The van der Waals surface area contributed by atoms with Gasteiger partial charge in [-0.05, 0) is 155 Å². The van der Waals surface area contributed by atoms with Crippen LogP contribution in [0, 0.1) is 11.6 Å². The van der Waals surface area contributed by atoms with Crippen LogP contribution in [0.15, 0.2) is 109 Å². The average Bonchev–Trinajstić information content (AvgIpc) is 1.68. The molecule has 0 radical (unpaired) electrons. The highest BCUT2D eigenvalue weighted by Gasteiger charge is 2.50. The van der Waals surface area contributed by atoms with Crippen LogP contribution in [-0.4, -0.2) is 189 Å². The van der Waals surface area contributed by atoms with Gasteiger partial charge < -0.3 is 78.3 Å². The minimum atomic E-state index is -1.90. The van der Waals surface area contributed by atoms with Gasteiger partial charge in [0.1, 0.15) is 77.1 Å². The maximum atomic E-state index is 16.2. The predicted molar refractivity (Wildman–Crippen MR) is 382 cm³/mol. The van der Waals surface area contributed by atoms with E-state index in [-0.39, 0.29) is 56.1 Å². The first-order valence-corrected chi connectivity index (χ1v) is 35.3. The lowest BCUT2D eigenvalue weighted by Crippen LogP contribution is -2.66. The monoisotopic (exact) mass is 1450 g/mol. The van der Waals surface area contributed by atoms with Crippen LogP contribution in [0.3, 0.4) is 0 Å². The van der Waals surface area contributed by atoms with Crippen LogP contribution in [0.25, 0.3) is 21.8 Å². The number of rotatable bonds is 15. The zero-order valence-corrected chi connectivity index (χ0v) is 59.3. The molecule has 2 fully saturated rings. The second-order valence-corrected chi connectivity index (χ2v) is 27.6. The number of halogens is 3. The number of aliphatic hydroxyl groups is 1. The lowest BCUT2D eigenvalue weighted by molar-refractivity contribution is -0.147. The zero-order valence-electron chi connectivity index (χ0n) is 59.3. The summed E-state index contributed by atoms with van der Waals surface area (Å²) in [7, 11) is 1.46. The molecule has 1 unspecified atom stereocenters. The number of benzene rings is 4. The number of H-pyrrole nitrogens is 2. The highest BCUT2D eigenvalue weighted by molar-refractivity contribution is 6.00. The number of ether oxygens (including phenoxy) is 1. The van der Waals surface area contributed by atoms with Crippen LogP contribution in [-0.2, 0) is 84.8 Å². The van der Waals surface area contributed by atoms with Crippen molar-refractivity contribution in [2.24, 2.45) is 11.5 Å². The molecule has 10 rings (SSSR count). The Labute approximate surface area is 605 Å². The van der Waals surface area contributed by atoms with E-state index >= 15 is 23.2 Å². The molecule has 0 aliphatic carbocycles. The molecule has 15 N–H and O–H groups in total. The summed E-state index contributed by atoms with van der Waals surface area (Å²) in [6.45, 7) is 4.74. The lowest BCUT2D eigenvalue weighted by Gasteiger charge is -2.37. The van der Waals surface area contributed by atoms with Crippen molar-refractivity contribution in [1.82, 2.24) is 62.3 Å². The molecule has 30 heteroatoms. The molecule has 12 atom stereocenters. The van der Waals surface area contributed by atoms with Crippen molar-refractivity contribution in [1.29, 1.82) is 0 Å². The number of hydrogen-bond donors (Lipinski definition) is 13. The fourth-order valence-electron chi connectivity index (χ4n) is 13.9. The van der Waals surface area contributed by atoms with E-state index in [1.165, 1.54) is 88.5 Å². The highest BCUT2D eigenvalue weighted by atomic mass is 19.1. The molecule has 562 valence electrons. The van der Waals surface area contributed by atoms with E-state index in [9.17, 15) is 47.9 Å². The Hall–Kier alpha value is -10.5. The van der Waals surface area contributed by atoms with Gasteiger partial charge in [-0.15, -0.1) is 0 Å². The number of aromatic amines is 2. The summed E-state index contributed by atoms with van der Waals surface area (Å²) in [4.78, 5) is 167. The van der Waals surface area contributed by atoms with E-state index in [1.807, 2.05) is 24.3 Å². The van der Waals surface area contributed by atoms with Crippen LogP contribution in [0.4, 0.5) is 13.2 Å². The number of allylic oxidation sites excluding steroid dienone is 2. The average molecular weight is 1460 g/mol. The van der Waals surface area contributed by atoms with Crippen molar-refractivity contribution in [3.8, 4) is 5.75 Å².